The van der Waals surface area contributed by atoms with Gasteiger partial charge in [0.1, 0.15) is 23.9 Å². The van der Waals surface area contributed by atoms with Crippen LogP contribution in [0, 0.1) is 18.7 Å². The number of carbonyl (C=O) groups excluding carboxylic acids is 2. The summed E-state index contributed by atoms with van der Waals surface area (Å²) in [6.45, 7) is 7.07. The molecule has 52 heavy (non-hydrogen) atoms. The fourth-order valence-corrected chi connectivity index (χ4v) is 7.52. The average molecular weight is 740 g/mol. The molecule has 1 amide bonds. The minimum Gasteiger partial charge on any atom is -0.507 e. The Morgan fingerprint density at radius 1 is 0.962 bits per heavy atom. The number of aliphatic hydroxyl groups is 1. The Morgan fingerprint density at radius 3 is 2.48 bits per heavy atom. The van der Waals surface area contributed by atoms with Crippen molar-refractivity contribution >= 4 is 45.7 Å². The van der Waals surface area contributed by atoms with Crippen LogP contribution >= 0.6 is 23.1 Å². The van der Waals surface area contributed by atoms with E-state index in [9.17, 15) is 19.1 Å². The highest BCUT2D eigenvalue weighted by Crippen LogP contribution is 2.46. The zero-order chi connectivity index (χ0) is 36.8. The first-order valence-corrected chi connectivity index (χ1v) is 18.5. The maximum absolute atomic E-state index is 14.3. The fourth-order valence-electron chi connectivity index (χ4n) is 5.67. The molecule has 1 fully saturated rings. The molecule has 1 unspecified atom stereocenters. The van der Waals surface area contributed by atoms with Crippen molar-refractivity contribution in [3.8, 4) is 17.2 Å². The van der Waals surface area contributed by atoms with Gasteiger partial charge in [-0.2, -0.15) is 0 Å². The number of nitrogens with zero attached hydrogens (tertiary/aromatic N) is 3. The Balaban J connectivity index is 1.34. The first-order chi connectivity index (χ1) is 25.1. The van der Waals surface area contributed by atoms with Crippen molar-refractivity contribution < 1.29 is 33.3 Å². The number of carbonyl (C=O) groups is 2. The van der Waals surface area contributed by atoms with Gasteiger partial charge in [0.05, 0.1) is 25.3 Å². The molecule has 1 N–H and O–H groups in total. The zero-order valence-electron chi connectivity index (χ0n) is 29.2. The maximum Gasteiger partial charge on any atom is 0.301 e. The number of amides is 1. The van der Waals surface area contributed by atoms with Gasteiger partial charge < -0.3 is 19.3 Å². The number of halogens is 1. The van der Waals surface area contributed by atoms with Crippen LogP contribution in [-0.4, -0.2) is 40.7 Å². The van der Waals surface area contributed by atoms with Crippen molar-refractivity contribution in [3.05, 3.63) is 130 Å². The third-order valence-electron chi connectivity index (χ3n) is 8.43. The highest BCUT2D eigenvalue weighted by atomic mass is 32.2. The Bertz CT molecular complexity index is 2100. The van der Waals surface area contributed by atoms with E-state index in [0.29, 0.717) is 63.2 Å². The van der Waals surface area contributed by atoms with Crippen LogP contribution < -0.4 is 19.1 Å². The Morgan fingerprint density at radius 2 is 1.75 bits per heavy atom. The number of hydrogen-bond acceptors (Lipinski definition) is 10. The largest absolute Gasteiger partial charge is 0.507 e. The Kier molecular flexibility index (Phi) is 11.6. The van der Waals surface area contributed by atoms with E-state index in [2.05, 4.69) is 24.0 Å². The second kappa shape index (κ2) is 16.4. The summed E-state index contributed by atoms with van der Waals surface area (Å²) in [5.41, 5.74) is 3.34. The maximum atomic E-state index is 14.3. The number of thioether (sulfide) groups is 1. The summed E-state index contributed by atoms with van der Waals surface area (Å²) in [5.74, 6) is -0.218. The van der Waals surface area contributed by atoms with Crippen LogP contribution in [0.25, 0.3) is 5.76 Å². The molecule has 268 valence electrons. The second-order valence-electron chi connectivity index (χ2n) is 12.6. The van der Waals surface area contributed by atoms with Crippen LogP contribution in [0.2, 0.25) is 0 Å². The molecule has 1 atom stereocenters. The van der Waals surface area contributed by atoms with E-state index in [1.165, 1.54) is 29.8 Å². The van der Waals surface area contributed by atoms with E-state index >= 15 is 0 Å². The highest BCUT2D eigenvalue weighted by molar-refractivity contribution is 8.00. The van der Waals surface area contributed by atoms with Crippen LogP contribution in [0.3, 0.4) is 0 Å². The van der Waals surface area contributed by atoms with E-state index < -0.39 is 17.7 Å². The number of aromatic nitrogens is 2. The van der Waals surface area contributed by atoms with E-state index in [4.69, 9.17) is 14.2 Å². The molecule has 1 aromatic heterocycles. The van der Waals surface area contributed by atoms with Gasteiger partial charge in [0, 0.05) is 11.3 Å². The van der Waals surface area contributed by atoms with Crippen LogP contribution in [-0.2, 0) is 21.9 Å². The summed E-state index contributed by atoms with van der Waals surface area (Å²) in [6, 6.07) is 25.2. The lowest BCUT2D eigenvalue weighted by Crippen LogP contribution is -2.29. The predicted octanol–water partition coefficient (Wildman–Crippen LogP) is 8.92. The van der Waals surface area contributed by atoms with Gasteiger partial charge >= 0.3 is 5.91 Å². The molecule has 9 nitrogen and oxygen atoms in total. The number of anilines is 1. The summed E-state index contributed by atoms with van der Waals surface area (Å²) >= 11 is 2.36. The molecular weight excluding hydrogens is 702 g/mol. The van der Waals surface area contributed by atoms with Crippen molar-refractivity contribution in [2.24, 2.45) is 5.92 Å². The van der Waals surface area contributed by atoms with Crippen molar-refractivity contribution in [1.82, 2.24) is 10.2 Å². The van der Waals surface area contributed by atoms with Crippen LogP contribution in [0.1, 0.15) is 54.1 Å². The molecule has 2 heterocycles. The van der Waals surface area contributed by atoms with Gasteiger partial charge in [0.25, 0.3) is 5.78 Å². The van der Waals surface area contributed by atoms with Gasteiger partial charge in [-0.15, -0.1) is 10.2 Å². The SMILES string of the molecule is COc1cc(C2C(=C(O)c3ccc(OCc4cccc(C)c4)cc3)C(=O)C(=O)N2c2nnc(SCc3ccccc3F)s2)ccc1OCCC(C)C. The molecule has 1 saturated heterocycles. The Hall–Kier alpha value is -5.20. The molecular formula is C40H38FN3O6S2. The summed E-state index contributed by atoms with van der Waals surface area (Å²) in [5, 5.41) is 20.4. The fraction of sp³-hybridized carbons (Fsp3) is 0.250. The molecule has 12 heteroatoms. The third kappa shape index (κ3) is 8.29. The molecule has 1 aliphatic heterocycles. The summed E-state index contributed by atoms with van der Waals surface area (Å²) in [6.07, 6.45) is 0.842. The molecule has 0 spiro atoms. The van der Waals surface area contributed by atoms with Gasteiger partial charge in [0.15, 0.2) is 15.8 Å². The number of aryl methyl sites for hydroxylation is 1. The van der Waals surface area contributed by atoms with E-state index in [-0.39, 0.29) is 22.3 Å². The number of rotatable bonds is 14. The molecule has 6 rings (SSSR count). The lowest BCUT2D eigenvalue weighted by molar-refractivity contribution is -0.132. The predicted molar refractivity (Wildman–Crippen MR) is 201 cm³/mol. The number of hydrogen-bond donors (Lipinski definition) is 1. The number of ether oxygens (including phenoxy) is 3. The molecule has 0 aliphatic carbocycles. The van der Waals surface area contributed by atoms with E-state index in [0.717, 1.165) is 28.9 Å². The smallest absolute Gasteiger partial charge is 0.301 e. The first kappa shape index (κ1) is 36.6. The molecule has 4 aromatic carbocycles. The standard InChI is InChI=1S/C40H38FN3O6S2/c1-24(2)18-19-49-32-17-14-28(21-33(32)48-4)35-34(36(45)27-12-15-30(16-13-27)50-22-26-9-7-8-25(3)20-26)37(46)38(47)44(35)39-42-43-40(52-39)51-23-29-10-5-6-11-31(29)41/h5-17,20-21,24,35,45H,18-19,22-23H2,1-4H3. The number of ketones is 1. The van der Waals surface area contributed by atoms with Gasteiger partial charge in [-0.25, -0.2) is 4.39 Å². The van der Waals surface area contributed by atoms with Gasteiger partial charge in [0.2, 0.25) is 5.13 Å². The van der Waals surface area contributed by atoms with Crippen molar-refractivity contribution in [1.29, 1.82) is 0 Å². The number of methoxy groups -OCH3 is 1. The number of benzene rings is 4. The minimum atomic E-state index is -1.08. The van der Waals surface area contributed by atoms with Crippen molar-refractivity contribution in [2.45, 2.75) is 49.9 Å². The van der Waals surface area contributed by atoms with Crippen molar-refractivity contribution in [3.63, 3.8) is 0 Å². The molecule has 0 radical (unpaired) electrons. The molecule has 0 saturated carbocycles. The van der Waals surface area contributed by atoms with Gasteiger partial charge in [-0.3, -0.25) is 14.5 Å². The number of aliphatic hydroxyl groups excluding tert-OH is 1. The molecule has 1 aliphatic rings. The van der Waals surface area contributed by atoms with Crippen LogP contribution in [0.4, 0.5) is 9.52 Å². The molecule has 0 bridgehead atoms. The quantitative estimate of drug-likeness (QED) is 0.0393. The summed E-state index contributed by atoms with van der Waals surface area (Å²) in [4.78, 5) is 28.9. The van der Waals surface area contributed by atoms with E-state index in [1.807, 2.05) is 31.2 Å². The summed E-state index contributed by atoms with van der Waals surface area (Å²) in [7, 11) is 1.51. The monoisotopic (exact) mass is 739 g/mol. The highest BCUT2D eigenvalue weighted by Gasteiger charge is 2.48. The lowest BCUT2D eigenvalue weighted by atomic mass is 9.95. The van der Waals surface area contributed by atoms with Crippen LogP contribution in [0.15, 0.2) is 101 Å². The van der Waals surface area contributed by atoms with Crippen LogP contribution in [0.5, 0.6) is 17.2 Å². The van der Waals surface area contributed by atoms with Gasteiger partial charge in [-0.05, 0) is 78.4 Å². The average Bonchev–Trinajstić information content (AvgIpc) is 3.71. The summed E-state index contributed by atoms with van der Waals surface area (Å²) < 4.78 is 32.4. The minimum absolute atomic E-state index is 0.121. The Labute approximate surface area is 310 Å². The normalized spacial score (nSPS) is 15.3. The topological polar surface area (TPSA) is 111 Å². The number of Topliss-reactive ketones (excluding diaryl/α,β-unsaturated/α-hetero) is 1. The zero-order valence-corrected chi connectivity index (χ0v) is 30.8. The third-order valence-corrected chi connectivity index (χ3v) is 10.5. The molecule has 5 aromatic rings. The van der Waals surface area contributed by atoms with Crippen molar-refractivity contribution in [2.75, 3.05) is 18.6 Å². The lowest BCUT2D eigenvalue weighted by Gasteiger charge is -2.23. The second-order valence-corrected chi connectivity index (χ2v) is 14.8. The first-order valence-electron chi connectivity index (χ1n) is 16.7. The van der Waals surface area contributed by atoms with E-state index in [1.54, 1.807) is 60.7 Å². The van der Waals surface area contributed by atoms with Gasteiger partial charge in [-0.1, -0.05) is 91.0 Å².